The highest BCUT2D eigenvalue weighted by molar-refractivity contribution is 6.00. The minimum atomic E-state index is -4.74. The number of hydrogen-bond donors (Lipinski definition) is 3. The topological polar surface area (TPSA) is 101 Å². The first-order chi connectivity index (χ1) is 13.7. The first-order valence-electron chi connectivity index (χ1n) is 8.87. The Kier molecular flexibility index (Phi) is 7.38. The molecule has 1 atom stereocenters. The van der Waals surface area contributed by atoms with Crippen LogP contribution in [0.15, 0.2) is 35.9 Å². The Hall–Kier alpha value is -2.88. The molecule has 1 fully saturated rings. The lowest BCUT2D eigenvalue weighted by molar-refractivity contribution is -0.132. The summed E-state index contributed by atoms with van der Waals surface area (Å²) in [6.45, 7) is 0.222. The van der Waals surface area contributed by atoms with Crippen LogP contribution < -0.4 is 4.74 Å². The maximum Gasteiger partial charge on any atom is 0.419 e. The molecule has 158 valence electrons. The lowest BCUT2D eigenvalue weighted by atomic mass is 10.1. The molecule has 7 nitrogen and oxygen atoms in total. The van der Waals surface area contributed by atoms with Gasteiger partial charge in [0.1, 0.15) is 11.6 Å². The number of amides is 1. The zero-order valence-corrected chi connectivity index (χ0v) is 15.9. The number of likely N-dealkylation sites (tertiary alicyclic amines) is 1. The van der Waals surface area contributed by atoms with Gasteiger partial charge in [-0.2, -0.15) is 13.2 Å². The van der Waals surface area contributed by atoms with Gasteiger partial charge in [-0.15, -0.1) is 0 Å². The molecule has 1 aliphatic heterocycles. The third-order valence-electron chi connectivity index (χ3n) is 4.70. The monoisotopic (exact) mass is 412 g/mol. The Labute approximate surface area is 166 Å². The highest BCUT2D eigenvalue weighted by atomic mass is 19.4. The number of halogens is 3. The van der Waals surface area contributed by atoms with Crippen LogP contribution in [0, 0.1) is 10.8 Å². The van der Waals surface area contributed by atoms with E-state index in [1.54, 1.807) is 24.3 Å². The summed E-state index contributed by atoms with van der Waals surface area (Å²) in [5.41, 5.74) is -0.485. The van der Waals surface area contributed by atoms with Crippen LogP contribution in [0.1, 0.15) is 12.0 Å². The van der Waals surface area contributed by atoms with Crippen LogP contribution in [0.5, 0.6) is 5.75 Å². The quantitative estimate of drug-likeness (QED) is 0.472. The first kappa shape index (κ1) is 22.4. The van der Waals surface area contributed by atoms with Crippen molar-refractivity contribution < 1.29 is 27.8 Å². The van der Waals surface area contributed by atoms with Crippen molar-refractivity contribution in [2.75, 3.05) is 26.7 Å². The van der Waals surface area contributed by atoms with Gasteiger partial charge in [-0.05, 0) is 30.2 Å². The molecule has 1 heterocycles. The molecule has 2 rings (SSSR count). The normalized spacial score (nSPS) is 17.2. The second kappa shape index (κ2) is 9.55. The van der Waals surface area contributed by atoms with Crippen molar-refractivity contribution in [3.05, 3.63) is 41.5 Å². The van der Waals surface area contributed by atoms with Crippen molar-refractivity contribution in [1.82, 2.24) is 9.80 Å². The fourth-order valence-corrected chi connectivity index (χ4v) is 2.98. The smallest absolute Gasteiger partial charge is 0.419 e. The van der Waals surface area contributed by atoms with E-state index < -0.39 is 23.6 Å². The molecule has 0 aliphatic carbocycles. The molecule has 0 bridgehead atoms. The van der Waals surface area contributed by atoms with Crippen molar-refractivity contribution in [1.29, 1.82) is 10.8 Å². The van der Waals surface area contributed by atoms with Crippen molar-refractivity contribution in [3.63, 3.8) is 0 Å². The number of alkyl halides is 3. The number of hydrogen-bond acceptors (Lipinski definition) is 5. The molecule has 1 unspecified atom stereocenters. The minimum Gasteiger partial charge on any atom is -0.484 e. The standard InChI is InChI=1S/C19H23F3N4O3/c1-25(18(24)16(6-8-23)19(20,21)22)14-7-9-26(10-14)17(28)12-29-15-4-2-13(11-27)3-5-15/h2-6,8,14,23-24,27H,7,9-12H2,1H3/b16-6+,23-8?,24-18?. The predicted molar refractivity (Wildman–Crippen MR) is 101 cm³/mol. The number of aliphatic hydroxyl groups excluding tert-OH is 1. The molecule has 29 heavy (non-hydrogen) atoms. The van der Waals surface area contributed by atoms with Crippen LogP contribution in [0.2, 0.25) is 0 Å². The van der Waals surface area contributed by atoms with Gasteiger partial charge in [-0.25, -0.2) is 0 Å². The number of ether oxygens (including phenoxy) is 1. The lowest BCUT2D eigenvalue weighted by Gasteiger charge is -2.29. The zero-order chi connectivity index (χ0) is 21.6. The number of likely N-dealkylation sites (N-methyl/N-ethyl adjacent to an activating group) is 1. The highest BCUT2D eigenvalue weighted by Gasteiger charge is 2.40. The average Bonchev–Trinajstić information content (AvgIpc) is 3.19. The van der Waals surface area contributed by atoms with E-state index >= 15 is 0 Å². The predicted octanol–water partition coefficient (Wildman–Crippen LogP) is 2.21. The molecular weight excluding hydrogens is 389 g/mol. The van der Waals surface area contributed by atoms with E-state index in [4.69, 9.17) is 20.7 Å². The Morgan fingerprint density at radius 2 is 2.03 bits per heavy atom. The molecular formula is C19H23F3N4O3. The van der Waals surface area contributed by atoms with Gasteiger partial charge in [0.05, 0.1) is 12.2 Å². The van der Waals surface area contributed by atoms with Gasteiger partial charge < -0.3 is 25.1 Å². The van der Waals surface area contributed by atoms with Crippen molar-refractivity contribution in [2.24, 2.45) is 0 Å². The minimum absolute atomic E-state index is 0.0953. The number of rotatable bonds is 7. The van der Waals surface area contributed by atoms with Crippen LogP contribution in [0.4, 0.5) is 13.2 Å². The van der Waals surface area contributed by atoms with Gasteiger partial charge in [0.25, 0.3) is 5.91 Å². The fraction of sp³-hybridized carbons (Fsp3) is 0.421. The highest BCUT2D eigenvalue weighted by Crippen LogP contribution is 2.28. The van der Waals surface area contributed by atoms with E-state index in [1.807, 2.05) is 0 Å². The fourth-order valence-electron chi connectivity index (χ4n) is 2.98. The Bertz CT molecular complexity index is 778. The van der Waals surface area contributed by atoms with Crippen LogP contribution in [0.3, 0.4) is 0 Å². The van der Waals surface area contributed by atoms with Crippen molar-refractivity contribution in [2.45, 2.75) is 25.2 Å². The summed E-state index contributed by atoms with van der Waals surface area (Å²) in [5.74, 6) is -0.568. The molecule has 1 amide bonds. The van der Waals surface area contributed by atoms with E-state index in [-0.39, 0.29) is 25.7 Å². The maximum absolute atomic E-state index is 13.1. The summed E-state index contributed by atoms with van der Waals surface area (Å²) in [6.07, 6.45) is -3.27. The summed E-state index contributed by atoms with van der Waals surface area (Å²) in [4.78, 5) is 15.0. The summed E-state index contributed by atoms with van der Waals surface area (Å²) in [6, 6.07) is 6.18. The van der Waals surface area contributed by atoms with E-state index in [0.717, 1.165) is 0 Å². The van der Waals surface area contributed by atoms with E-state index in [0.29, 0.717) is 36.6 Å². The number of carbonyl (C=O) groups excluding carboxylic acids is 1. The van der Waals surface area contributed by atoms with Crippen LogP contribution >= 0.6 is 0 Å². The molecule has 0 saturated carbocycles. The number of carbonyl (C=O) groups is 1. The summed E-state index contributed by atoms with van der Waals surface area (Å²) < 4.78 is 44.7. The summed E-state index contributed by atoms with van der Waals surface area (Å²) in [5, 5.41) is 23.8. The van der Waals surface area contributed by atoms with E-state index in [2.05, 4.69) is 0 Å². The van der Waals surface area contributed by atoms with Crippen molar-refractivity contribution >= 4 is 18.0 Å². The molecule has 1 aromatic rings. The zero-order valence-electron chi connectivity index (χ0n) is 15.9. The van der Waals surface area contributed by atoms with Crippen LogP contribution in [-0.2, 0) is 11.4 Å². The molecule has 0 spiro atoms. The molecule has 1 aliphatic rings. The van der Waals surface area contributed by atoms with Gasteiger partial charge in [0.2, 0.25) is 0 Å². The first-order valence-corrected chi connectivity index (χ1v) is 8.87. The van der Waals surface area contributed by atoms with Gasteiger partial charge in [0.15, 0.2) is 6.61 Å². The number of nitrogens with zero attached hydrogens (tertiary/aromatic N) is 2. The molecule has 1 aromatic carbocycles. The number of nitrogens with one attached hydrogen (secondary N) is 2. The second-order valence-electron chi connectivity index (χ2n) is 6.58. The number of benzene rings is 1. The maximum atomic E-state index is 13.1. The Morgan fingerprint density at radius 3 is 2.59 bits per heavy atom. The van der Waals surface area contributed by atoms with E-state index in [1.165, 1.54) is 16.8 Å². The third kappa shape index (κ3) is 5.80. The van der Waals surface area contributed by atoms with E-state index in [9.17, 15) is 18.0 Å². The van der Waals surface area contributed by atoms with Gasteiger partial charge in [-0.3, -0.25) is 10.2 Å². The molecule has 0 aromatic heterocycles. The number of aliphatic hydroxyl groups is 1. The van der Waals surface area contributed by atoms with Crippen LogP contribution in [-0.4, -0.2) is 71.8 Å². The lowest BCUT2D eigenvalue weighted by Crippen LogP contribution is -2.43. The summed E-state index contributed by atoms with van der Waals surface area (Å²) >= 11 is 0. The SMILES string of the molecule is CN(C(=N)/C(=C\C=N)C(F)(F)F)C1CCN(C(=O)COc2ccc(CO)cc2)C1. The Morgan fingerprint density at radius 1 is 1.38 bits per heavy atom. The van der Waals surface area contributed by atoms with Gasteiger partial charge in [0, 0.05) is 32.4 Å². The van der Waals surface area contributed by atoms with Gasteiger partial charge in [-0.1, -0.05) is 12.1 Å². The third-order valence-corrected chi connectivity index (χ3v) is 4.70. The largest absolute Gasteiger partial charge is 0.484 e. The number of allylic oxidation sites excluding steroid dienone is 1. The second-order valence-corrected chi connectivity index (χ2v) is 6.58. The molecule has 0 radical (unpaired) electrons. The Balaban J connectivity index is 1.92. The van der Waals surface area contributed by atoms with Gasteiger partial charge >= 0.3 is 6.18 Å². The number of amidine groups is 1. The average molecular weight is 412 g/mol. The summed E-state index contributed by atoms with van der Waals surface area (Å²) in [7, 11) is 1.38. The molecule has 10 heteroatoms. The van der Waals surface area contributed by atoms with Crippen LogP contribution in [0.25, 0.3) is 0 Å². The molecule has 3 N–H and O–H groups in total. The molecule has 1 saturated heterocycles. The van der Waals surface area contributed by atoms with Crippen molar-refractivity contribution in [3.8, 4) is 5.75 Å².